The molecule has 0 unspecified atom stereocenters. The Morgan fingerprint density at radius 3 is 2.62 bits per heavy atom. The first kappa shape index (κ1) is 13.3. The van der Waals surface area contributed by atoms with Gasteiger partial charge >= 0.3 is 0 Å². The molecule has 5 heteroatoms. The standard InChI is InChI=1S/C11H23N3O2/c1-9-2-5-11(8-15,6-3-9)13-7-4-10(12)14-16/h9,13,15-16H,2-8H2,1H3,(H2,12,14). The topological polar surface area (TPSA) is 90.9 Å². The molecule has 1 aliphatic rings. The van der Waals surface area contributed by atoms with E-state index in [-0.39, 0.29) is 18.0 Å². The zero-order chi connectivity index (χ0) is 12.0. The van der Waals surface area contributed by atoms with E-state index in [1.807, 2.05) is 0 Å². The molecule has 0 radical (unpaired) electrons. The van der Waals surface area contributed by atoms with Crippen molar-refractivity contribution in [1.82, 2.24) is 5.32 Å². The summed E-state index contributed by atoms with van der Waals surface area (Å²) in [6.45, 7) is 3.05. The van der Waals surface area contributed by atoms with Gasteiger partial charge in [-0.15, -0.1) is 0 Å². The highest BCUT2D eigenvalue weighted by Crippen LogP contribution is 2.31. The monoisotopic (exact) mass is 229 g/mol. The molecule has 0 aromatic heterocycles. The van der Waals surface area contributed by atoms with Gasteiger partial charge < -0.3 is 21.4 Å². The van der Waals surface area contributed by atoms with Gasteiger partial charge in [-0.05, 0) is 31.6 Å². The summed E-state index contributed by atoms with van der Waals surface area (Å²) in [6.07, 6.45) is 4.81. The number of rotatable bonds is 5. The van der Waals surface area contributed by atoms with Gasteiger partial charge in [0.25, 0.3) is 0 Å². The summed E-state index contributed by atoms with van der Waals surface area (Å²) in [6, 6.07) is 0. The van der Waals surface area contributed by atoms with Crippen LogP contribution in [0.1, 0.15) is 39.0 Å². The molecule has 1 aliphatic carbocycles. The van der Waals surface area contributed by atoms with Crippen LogP contribution in [0.25, 0.3) is 0 Å². The molecule has 0 heterocycles. The van der Waals surface area contributed by atoms with Crippen molar-refractivity contribution >= 4 is 5.84 Å². The van der Waals surface area contributed by atoms with Crippen LogP contribution in [0.15, 0.2) is 5.16 Å². The van der Waals surface area contributed by atoms with Gasteiger partial charge in [-0.2, -0.15) is 0 Å². The first-order valence-corrected chi connectivity index (χ1v) is 5.94. The lowest BCUT2D eigenvalue weighted by Gasteiger charge is -2.39. The fraction of sp³-hybridized carbons (Fsp3) is 0.909. The summed E-state index contributed by atoms with van der Waals surface area (Å²) in [5, 5.41) is 24.2. The van der Waals surface area contributed by atoms with E-state index >= 15 is 0 Å². The van der Waals surface area contributed by atoms with Crippen LogP contribution in [0.2, 0.25) is 0 Å². The number of nitrogens with zero attached hydrogens (tertiary/aromatic N) is 1. The zero-order valence-corrected chi connectivity index (χ0v) is 9.95. The maximum Gasteiger partial charge on any atom is 0.140 e. The summed E-state index contributed by atoms with van der Waals surface area (Å²) in [7, 11) is 0. The molecule has 16 heavy (non-hydrogen) atoms. The molecule has 1 fully saturated rings. The van der Waals surface area contributed by atoms with Crippen LogP contribution in [0, 0.1) is 5.92 Å². The van der Waals surface area contributed by atoms with Crippen molar-refractivity contribution < 1.29 is 10.3 Å². The fourth-order valence-corrected chi connectivity index (χ4v) is 2.21. The van der Waals surface area contributed by atoms with Crippen molar-refractivity contribution in [2.45, 2.75) is 44.6 Å². The van der Waals surface area contributed by atoms with Gasteiger partial charge in [0.2, 0.25) is 0 Å². The highest BCUT2D eigenvalue weighted by molar-refractivity contribution is 5.79. The first-order chi connectivity index (χ1) is 7.62. The second kappa shape index (κ2) is 6.06. The molecule has 0 amide bonds. The summed E-state index contributed by atoms with van der Waals surface area (Å²) in [5.74, 6) is 0.982. The summed E-state index contributed by atoms with van der Waals surface area (Å²) >= 11 is 0. The number of nitrogens with one attached hydrogen (secondary N) is 1. The lowest BCUT2D eigenvalue weighted by Crippen LogP contribution is -2.51. The van der Waals surface area contributed by atoms with Crippen LogP contribution in [-0.4, -0.2) is 34.8 Å². The quantitative estimate of drug-likeness (QED) is 0.241. The Morgan fingerprint density at radius 2 is 2.12 bits per heavy atom. The van der Waals surface area contributed by atoms with Crippen molar-refractivity contribution in [2.75, 3.05) is 13.2 Å². The van der Waals surface area contributed by atoms with E-state index in [0.29, 0.717) is 13.0 Å². The minimum atomic E-state index is -0.151. The van der Waals surface area contributed by atoms with Gasteiger partial charge in [-0.3, -0.25) is 0 Å². The summed E-state index contributed by atoms with van der Waals surface area (Å²) < 4.78 is 0. The van der Waals surface area contributed by atoms with Gasteiger partial charge in [0.1, 0.15) is 5.84 Å². The Kier molecular flexibility index (Phi) is 5.02. The van der Waals surface area contributed by atoms with Crippen molar-refractivity contribution in [2.24, 2.45) is 16.8 Å². The van der Waals surface area contributed by atoms with Crippen molar-refractivity contribution in [1.29, 1.82) is 0 Å². The van der Waals surface area contributed by atoms with Gasteiger partial charge in [-0.25, -0.2) is 0 Å². The third-order valence-corrected chi connectivity index (χ3v) is 3.54. The molecule has 1 saturated carbocycles. The van der Waals surface area contributed by atoms with E-state index in [9.17, 15) is 5.11 Å². The predicted octanol–water partition coefficient (Wildman–Crippen LogP) is 0.654. The number of hydrogen-bond acceptors (Lipinski definition) is 4. The van der Waals surface area contributed by atoms with E-state index in [0.717, 1.165) is 31.6 Å². The Balaban J connectivity index is 2.36. The average molecular weight is 229 g/mol. The molecule has 0 aromatic rings. The SMILES string of the molecule is CC1CCC(CO)(NCCC(N)=NO)CC1. The molecule has 5 N–H and O–H groups in total. The molecule has 0 aliphatic heterocycles. The van der Waals surface area contributed by atoms with Crippen LogP contribution in [0.3, 0.4) is 0 Å². The number of aliphatic hydroxyl groups is 1. The molecule has 5 nitrogen and oxygen atoms in total. The number of oxime groups is 1. The highest BCUT2D eigenvalue weighted by Gasteiger charge is 2.32. The van der Waals surface area contributed by atoms with E-state index in [2.05, 4.69) is 17.4 Å². The third kappa shape index (κ3) is 3.64. The van der Waals surface area contributed by atoms with Crippen LogP contribution < -0.4 is 11.1 Å². The number of amidine groups is 1. The van der Waals surface area contributed by atoms with Gasteiger partial charge in [-0.1, -0.05) is 12.1 Å². The molecule has 0 spiro atoms. The minimum absolute atomic E-state index is 0.151. The molecule has 0 atom stereocenters. The van der Waals surface area contributed by atoms with Crippen LogP contribution >= 0.6 is 0 Å². The Bertz CT molecular complexity index is 235. The van der Waals surface area contributed by atoms with Crippen LogP contribution in [0.5, 0.6) is 0 Å². The van der Waals surface area contributed by atoms with E-state index in [1.165, 1.54) is 0 Å². The maximum atomic E-state index is 9.48. The highest BCUT2D eigenvalue weighted by atomic mass is 16.4. The van der Waals surface area contributed by atoms with Crippen LogP contribution in [0.4, 0.5) is 0 Å². The van der Waals surface area contributed by atoms with Gasteiger partial charge in [0, 0.05) is 18.5 Å². The molecule has 0 aromatic carbocycles. The Morgan fingerprint density at radius 1 is 1.50 bits per heavy atom. The Labute approximate surface area is 96.7 Å². The zero-order valence-electron chi connectivity index (χ0n) is 9.95. The molecular weight excluding hydrogens is 206 g/mol. The lowest BCUT2D eigenvalue weighted by atomic mass is 9.77. The number of aliphatic hydroxyl groups excluding tert-OH is 1. The number of nitrogens with two attached hydrogens (primary N) is 1. The second-order valence-corrected chi connectivity index (χ2v) is 4.89. The molecule has 0 bridgehead atoms. The molecular formula is C11H23N3O2. The molecule has 1 rings (SSSR count). The Hall–Kier alpha value is -0.810. The van der Waals surface area contributed by atoms with E-state index in [1.54, 1.807) is 0 Å². The summed E-state index contributed by atoms with van der Waals surface area (Å²) in [4.78, 5) is 0. The minimum Gasteiger partial charge on any atom is -0.409 e. The smallest absolute Gasteiger partial charge is 0.140 e. The second-order valence-electron chi connectivity index (χ2n) is 4.89. The fourth-order valence-electron chi connectivity index (χ4n) is 2.21. The van der Waals surface area contributed by atoms with E-state index < -0.39 is 0 Å². The first-order valence-electron chi connectivity index (χ1n) is 5.94. The van der Waals surface area contributed by atoms with Crippen molar-refractivity contribution in [3.63, 3.8) is 0 Å². The molecule has 94 valence electrons. The van der Waals surface area contributed by atoms with Crippen molar-refractivity contribution in [3.8, 4) is 0 Å². The van der Waals surface area contributed by atoms with Crippen molar-refractivity contribution in [3.05, 3.63) is 0 Å². The predicted molar refractivity (Wildman–Crippen MR) is 63.5 cm³/mol. The average Bonchev–Trinajstić information content (AvgIpc) is 2.32. The molecule has 0 saturated heterocycles. The normalized spacial score (nSPS) is 31.6. The van der Waals surface area contributed by atoms with Gasteiger partial charge in [0.05, 0.1) is 6.61 Å². The summed E-state index contributed by atoms with van der Waals surface area (Å²) in [5.41, 5.74) is 5.24. The number of hydrogen-bond donors (Lipinski definition) is 4. The van der Waals surface area contributed by atoms with Gasteiger partial charge in [0.15, 0.2) is 0 Å². The van der Waals surface area contributed by atoms with Crippen LogP contribution in [-0.2, 0) is 0 Å². The largest absolute Gasteiger partial charge is 0.409 e. The van der Waals surface area contributed by atoms with E-state index in [4.69, 9.17) is 10.9 Å². The maximum absolute atomic E-state index is 9.48. The lowest BCUT2D eigenvalue weighted by molar-refractivity contribution is 0.107. The third-order valence-electron chi connectivity index (χ3n) is 3.54.